The lowest BCUT2D eigenvalue weighted by molar-refractivity contribution is 0.459. The van der Waals surface area contributed by atoms with E-state index in [0.717, 1.165) is 71.9 Å². The summed E-state index contributed by atoms with van der Waals surface area (Å²) in [5.41, 5.74) is 10.8. The Morgan fingerprint density at radius 2 is 1.03 bits per heavy atom. The van der Waals surface area contributed by atoms with Crippen LogP contribution in [0.3, 0.4) is 0 Å². The van der Waals surface area contributed by atoms with Gasteiger partial charge in [-0.3, -0.25) is 0 Å². The minimum absolute atomic E-state index is 0.637. The topological polar surface area (TPSA) is 49.9 Å². The molecule has 9 aromatic carbocycles. The molecule has 288 valence electrons. The highest BCUT2D eigenvalue weighted by atomic mass is 32.1. The monoisotopic (exact) mass is 799 g/mol. The van der Waals surface area contributed by atoms with E-state index < -0.39 is 5.66 Å². The number of benzene rings is 9. The van der Waals surface area contributed by atoms with Crippen LogP contribution in [0, 0.1) is 0 Å². The molecular formula is C56H37N3OS. The van der Waals surface area contributed by atoms with Crippen molar-refractivity contribution in [3.63, 3.8) is 0 Å². The molecule has 3 heterocycles. The van der Waals surface area contributed by atoms with Gasteiger partial charge < -0.3 is 9.73 Å². The smallest absolute Gasteiger partial charge is 0.159 e. The fourth-order valence-electron chi connectivity index (χ4n) is 9.15. The quantitative estimate of drug-likeness (QED) is 0.182. The summed E-state index contributed by atoms with van der Waals surface area (Å²) in [6, 6.07) is 71.1. The van der Waals surface area contributed by atoms with Gasteiger partial charge in [0.2, 0.25) is 0 Å². The maximum absolute atomic E-state index is 6.39. The van der Waals surface area contributed by atoms with Crippen LogP contribution in [0.4, 0.5) is 0 Å². The van der Waals surface area contributed by atoms with Crippen molar-refractivity contribution in [1.82, 2.24) is 5.32 Å². The number of rotatable bonds is 6. The Labute approximate surface area is 356 Å². The molecule has 61 heavy (non-hydrogen) atoms. The number of thiophene rings is 1. The molecule has 1 atom stereocenters. The maximum atomic E-state index is 6.39. The molecule has 0 amide bonds. The van der Waals surface area contributed by atoms with E-state index in [1.807, 2.05) is 23.5 Å². The first-order valence-corrected chi connectivity index (χ1v) is 21.5. The molecule has 1 aliphatic heterocycles. The molecule has 0 saturated carbocycles. The lowest BCUT2D eigenvalue weighted by atomic mass is 9.92. The van der Waals surface area contributed by atoms with Crippen LogP contribution in [-0.4, -0.2) is 11.7 Å². The number of amidine groups is 2. The van der Waals surface area contributed by atoms with Gasteiger partial charge in [-0.15, -0.1) is 11.3 Å². The number of fused-ring (bicyclic) bond motifs is 7. The SMILES string of the molecule is CC1(c2cccc3ccccc23)N=C(c2ccc3c(c2)oc2ccccc23)N=C(c2cc(-c3ccccc3)cc(-c3cccc4c3sc3c(-c5ccccc5)cccc34)c2)N1. The predicted molar refractivity (Wildman–Crippen MR) is 257 cm³/mol. The van der Waals surface area contributed by atoms with Crippen molar-refractivity contribution in [2.24, 2.45) is 9.98 Å². The highest BCUT2D eigenvalue weighted by molar-refractivity contribution is 7.26. The van der Waals surface area contributed by atoms with Gasteiger partial charge >= 0.3 is 0 Å². The summed E-state index contributed by atoms with van der Waals surface area (Å²) >= 11 is 1.87. The summed E-state index contributed by atoms with van der Waals surface area (Å²) in [6.07, 6.45) is 0. The van der Waals surface area contributed by atoms with E-state index in [2.05, 4.69) is 200 Å². The van der Waals surface area contributed by atoms with E-state index in [-0.39, 0.29) is 0 Å². The van der Waals surface area contributed by atoms with Crippen LogP contribution in [0.1, 0.15) is 23.6 Å². The van der Waals surface area contributed by atoms with Crippen LogP contribution in [-0.2, 0) is 5.66 Å². The molecule has 5 heteroatoms. The zero-order valence-corrected chi connectivity index (χ0v) is 34.1. The van der Waals surface area contributed by atoms with Crippen molar-refractivity contribution in [2.45, 2.75) is 12.6 Å². The maximum Gasteiger partial charge on any atom is 0.159 e. The zero-order valence-electron chi connectivity index (χ0n) is 33.3. The van der Waals surface area contributed by atoms with Crippen molar-refractivity contribution in [3.8, 4) is 33.4 Å². The third kappa shape index (κ3) is 5.96. The van der Waals surface area contributed by atoms with Gasteiger partial charge in [0.25, 0.3) is 0 Å². The third-order valence-electron chi connectivity index (χ3n) is 12.1. The summed E-state index contributed by atoms with van der Waals surface area (Å²) < 4.78 is 8.95. The third-order valence-corrected chi connectivity index (χ3v) is 13.4. The van der Waals surface area contributed by atoms with Crippen LogP contribution < -0.4 is 5.32 Å². The molecular weight excluding hydrogens is 763 g/mol. The van der Waals surface area contributed by atoms with Crippen molar-refractivity contribution >= 4 is 75.9 Å². The number of aliphatic imine (C=N–C) groups is 2. The van der Waals surface area contributed by atoms with Crippen molar-refractivity contribution in [1.29, 1.82) is 0 Å². The van der Waals surface area contributed by atoms with E-state index in [0.29, 0.717) is 5.84 Å². The van der Waals surface area contributed by atoms with Gasteiger partial charge in [0, 0.05) is 47.6 Å². The van der Waals surface area contributed by atoms with Crippen molar-refractivity contribution in [2.75, 3.05) is 0 Å². The van der Waals surface area contributed by atoms with Gasteiger partial charge in [-0.1, -0.05) is 164 Å². The second-order valence-corrected chi connectivity index (χ2v) is 16.9. The summed E-state index contributed by atoms with van der Waals surface area (Å²) in [5, 5.41) is 10.9. The molecule has 0 bridgehead atoms. The Kier molecular flexibility index (Phi) is 8.12. The zero-order chi connectivity index (χ0) is 40.5. The standard InChI is InChI=1S/C56H37N3OS/c1-56(49-27-12-20-36-19-8-9-21-42(36)49)58-54(38-29-30-46-45-22-10-11-28-50(45)60-51(46)34-38)57-55(59-56)41-32-39(35-15-4-2-5-16-35)31-40(33-41)44-24-14-26-48-47-25-13-23-43(52(47)61-53(44)48)37-17-6-3-7-18-37/h2-34H,1H3,(H,57,58,59). The van der Waals surface area contributed by atoms with Gasteiger partial charge in [-0.25, -0.2) is 9.98 Å². The Morgan fingerprint density at radius 1 is 0.443 bits per heavy atom. The highest BCUT2D eigenvalue weighted by Crippen LogP contribution is 2.45. The molecule has 0 fully saturated rings. The molecule has 1 N–H and O–H groups in total. The number of nitrogens with zero attached hydrogens (tertiary/aromatic N) is 2. The first-order valence-electron chi connectivity index (χ1n) is 20.6. The van der Waals surface area contributed by atoms with Crippen LogP contribution in [0.15, 0.2) is 215 Å². The number of nitrogens with one attached hydrogen (secondary N) is 1. The Bertz CT molecular complexity index is 3580. The van der Waals surface area contributed by atoms with Crippen molar-refractivity contribution in [3.05, 3.63) is 217 Å². The van der Waals surface area contributed by atoms with E-state index in [4.69, 9.17) is 14.4 Å². The average Bonchev–Trinajstić information content (AvgIpc) is 3.90. The predicted octanol–water partition coefficient (Wildman–Crippen LogP) is 14.8. The van der Waals surface area contributed by atoms with Crippen LogP contribution in [0.2, 0.25) is 0 Å². The molecule has 0 aliphatic carbocycles. The fourth-order valence-corrected chi connectivity index (χ4v) is 10.5. The Morgan fingerprint density at radius 3 is 1.82 bits per heavy atom. The van der Waals surface area contributed by atoms with Gasteiger partial charge in [-0.2, -0.15) is 0 Å². The molecule has 0 radical (unpaired) electrons. The number of hydrogen-bond donors (Lipinski definition) is 1. The number of hydrogen-bond acceptors (Lipinski definition) is 5. The Hall–Kier alpha value is -7.60. The van der Waals surface area contributed by atoms with E-state index in [1.165, 1.54) is 36.9 Å². The van der Waals surface area contributed by atoms with Gasteiger partial charge in [0.15, 0.2) is 11.5 Å². The highest BCUT2D eigenvalue weighted by Gasteiger charge is 2.34. The van der Waals surface area contributed by atoms with E-state index in [1.54, 1.807) is 0 Å². The first-order chi connectivity index (χ1) is 30.1. The summed E-state index contributed by atoms with van der Waals surface area (Å²) in [5.74, 6) is 1.39. The second kappa shape index (κ2) is 14.0. The Balaban J connectivity index is 1.07. The average molecular weight is 800 g/mol. The molecule has 0 spiro atoms. The molecule has 12 rings (SSSR count). The normalized spacial score (nSPS) is 15.4. The van der Waals surface area contributed by atoms with Gasteiger partial charge in [0.05, 0.1) is 0 Å². The minimum Gasteiger partial charge on any atom is -0.456 e. The van der Waals surface area contributed by atoms with Gasteiger partial charge in [-0.05, 0) is 87.5 Å². The molecule has 1 aliphatic rings. The van der Waals surface area contributed by atoms with Crippen molar-refractivity contribution < 1.29 is 4.42 Å². The molecule has 4 nitrogen and oxygen atoms in total. The molecule has 1 unspecified atom stereocenters. The fraction of sp³-hybridized carbons (Fsp3) is 0.0357. The summed E-state index contributed by atoms with van der Waals surface area (Å²) in [4.78, 5) is 10.9. The molecule has 0 saturated heterocycles. The second-order valence-electron chi connectivity index (χ2n) is 15.9. The first kappa shape index (κ1) is 35.4. The molecule has 2 aromatic heterocycles. The lowest BCUT2D eigenvalue weighted by Gasteiger charge is -2.34. The van der Waals surface area contributed by atoms with Crippen LogP contribution >= 0.6 is 11.3 Å². The van der Waals surface area contributed by atoms with Crippen LogP contribution in [0.5, 0.6) is 0 Å². The van der Waals surface area contributed by atoms with E-state index >= 15 is 0 Å². The van der Waals surface area contributed by atoms with Gasteiger partial charge in [0.1, 0.15) is 17.0 Å². The van der Waals surface area contributed by atoms with Crippen LogP contribution in [0.25, 0.3) is 86.3 Å². The largest absolute Gasteiger partial charge is 0.456 e. The number of para-hydroxylation sites is 1. The number of furan rings is 1. The minimum atomic E-state index is -0.863. The lowest BCUT2D eigenvalue weighted by Crippen LogP contribution is -2.46. The summed E-state index contributed by atoms with van der Waals surface area (Å²) in [6.45, 7) is 2.16. The summed E-state index contributed by atoms with van der Waals surface area (Å²) in [7, 11) is 0. The van der Waals surface area contributed by atoms with E-state index in [9.17, 15) is 0 Å². The molecule has 11 aromatic rings.